The fourth-order valence-electron chi connectivity index (χ4n) is 1.61. The van der Waals surface area contributed by atoms with E-state index in [2.05, 4.69) is 18.0 Å². The van der Waals surface area contributed by atoms with Gasteiger partial charge in [-0.2, -0.15) is 0 Å². The molecule has 100 valence electrons. The second-order valence-corrected chi connectivity index (χ2v) is 4.45. The number of benzene rings is 1. The monoisotopic (exact) mass is 255 g/mol. The molecule has 0 aromatic heterocycles. The first-order valence-electron chi connectivity index (χ1n) is 6.63. The van der Waals surface area contributed by atoms with E-state index in [1.807, 2.05) is 50.3 Å². The molecule has 19 heavy (non-hydrogen) atoms. The number of hydrogen-bond donors (Lipinski definition) is 0. The van der Waals surface area contributed by atoms with Crippen LogP contribution in [0.2, 0.25) is 0 Å². The average molecular weight is 255 g/mol. The van der Waals surface area contributed by atoms with Crippen LogP contribution >= 0.6 is 0 Å². The molecule has 0 heterocycles. The lowest BCUT2D eigenvalue weighted by molar-refractivity contribution is 0.100. The lowest BCUT2D eigenvalue weighted by Crippen LogP contribution is -2.00. The van der Waals surface area contributed by atoms with Gasteiger partial charge < -0.3 is 0 Å². The topological polar surface area (TPSA) is 29.4 Å². The molecule has 2 heteroatoms. The summed E-state index contributed by atoms with van der Waals surface area (Å²) in [5.74, 6) is -0.183. The van der Waals surface area contributed by atoms with Crippen molar-refractivity contribution in [2.24, 2.45) is 4.99 Å². The van der Waals surface area contributed by atoms with Crippen molar-refractivity contribution in [2.45, 2.75) is 33.6 Å². The first kappa shape index (κ1) is 15.1. The van der Waals surface area contributed by atoms with Crippen LogP contribution < -0.4 is 0 Å². The minimum Gasteiger partial charge on any atom is -0.267 e. The standard InChI is InChI=1S/C17H21NO/c1-4-5-6-7-8-12-15(3)18-17(19)16-13-10-9-11-14(16)2/h6-13H,4-5H2,1-3H3/b7-6-,12-8-,18-15?. The predicted molar refractivity (Wildman–Crippen MR) is 81.8 cm³/mol. The van der Waals surface area contributed by atoms with Gasteiger partial charge in [0.1, 0.15) is 0 Å². The number of hydrogen-bond acceptors (Lipinski definition) is 1. The molecule has 0 aliphatic carbocycles. The lowest BCUT2D eigenvalue weighted by Gasteiger charge is -2.00. The zero-order valence-electron chi connectivity index (χ0n) is 11.9. The Kier molecular flexibility index (Phi) is 6.51. The summed E-state index contributed by atoms with van der Waals surface area (Å²) >= 11 is 0. The molecule has 1 aromatic rings. The van der Waals surface area contributed by atoms with Gasteiger partial charge in [0.15, 0.2) is 0 Å². The van der Waals surface area contributed by atoms with Crippen LogP contribution in [0.4, 0.5) is 0 Å². The molecule has 0 aliphatic rings. The normalized spacial score (nSPS) is 12.5. The van der Waals surface area contributed by atoms with Gasteiger partial charge in [-0.05, 0) is 38.0 Å². The number of carbonyl (C=O) groups is 1. The quantitative estimate of drug-likeness (QED) is 0.562. The van der Waals surface area contributed by atoms with Gasteiger partial charge in [-0.25, -0.2) is 4.99 Å². The van der Waals surface area contributed by atoms with Gasteiger partial charge >= 0.3 is 0 Å². The van der Waals surface area contributed by atoms with E-state index in [0.717, 1.165) is 24.1 Å². The lowest BCUT2D eigenvalue weighted by atomic mass is 10.1. The summed E-state index contributed by atoms with van der Waals surface area (Å²) in [4.78, 5) is 16.1. The van der Waals surface area contributed by atoms with Crippen molar-refractivity contribution in [1.29, 1.82) is 0 Å². The average Bonchev–Trinajstić information content (AvgIpc) is 2.39. The maximum absolute atomic E-state index is 12.0. The highest BCUT2D eigenvalue weighted by Gasteiger charge is 2.05. The van der Waals surface area contributed by atoms with Crippen molar-refractivity contribution in [1.82, 2.24) is 0 Å². The molecule has 2 nitrogen and oxygen atoms in total. The van der Waals surface area contributed by atoms with Crippen molar-refractivity contribution < 1.29 is 4.79 Å². The van der Waals surface area contributed by atoms with E-state index < -0.39 is 0 Å². The Morgan fingerprint density at radius 2 is 2.00 bits per heavy atom. The highest BCUT2D eigenvalue weighted by molar-refractivity contribution is 6.07. The van der Waals surface area contributed by atoms with Gasteiger partial charge in [-0.15, -0.1) is 0 Å². The second kappa shape index (κ2) is 8.20. The van der Waals surface area contributed by atoms with Crippen molar-refractivity contribution >= 4 is 11.6 Å². The molecule has 0 radical (unpaired) electrons. The van der Waals surface area contributed by atoms with E-state index in [4.69, 9.17) is 0 Å². The van der Waals surface area contributed by atoms with Crippen LogP contribution in [0, 0.1) is 6.92 Å². The molecular formula is C17H21NO. The summed E-state index contributed by atoms with van der Waals surface area (Å²) < 4.78 is 0. The molecule has 1 amide bonds. The number of rotatable bonds is 5. The zero-order chi connectivity index (χ0) is 14.1. The number of nitrogens with zero attached hydrogens (tertiary/aromatic N) is 1. The number of aliphatic imine (C=N–C) groups is 1. The highest BCUT2D eigenvalue weighted by Crippen LogP contribution is 2.08. The number of amides is 1. The van der Waals surface area contributed by atoms with Crippen LogP contribution in [0.15, 0.2) is 53.6 Å². The number of unbranched alkanes of at least 4 members (excludes halogenated alkanes) is 1. The van der Waals surface area contributed by atoms with Gasteiger partial charge in [0, 0.05) is 11.3 Å². The van der Waals surface area contributed by atoms with E-state index in [9.17, 15) is 4.79 Å². The Bertz CT molecular complexity index is 510. The molecule has 0 N–H and O–H groups in total. The van der Waals surface area contributed by atoms with Crippen LogP contribution in [0.3, 0.4) is 0 Å². The molecule has 1 rings (SSSR count). The molecule has 0 saturated carbocycles. The Balaban J connectivity index is 2.69. The van der Waals surface area contributed by atoms with E-state index in [1.165, 1.54) is 0 Å². The first-order valence-corrected chi connectivity index (χ1v) is 6.63. The van der Waals surface area contributed by atoms with Crippen LogP contribution in [0.1, 0.15) is 42.6 Å². The number of allylic oxidation sites excluding steroid dienone is 4. The summed E-state index contributed by atoms with van der Waals surface area (Å²) in [7, 11) is 0. The summed E-state index contributed by atoms with van der Waals surface area (Å²) in [6, 6.07) is 7.50. The molecule has 0 atom stereocenters. The van der Waals surface area contributed by atoms with Crippen molar-refractivity contribution in [3.05, 3.63) is 59.7 Å². The molecule has 0 fully saturated rings. The minimum atomic E-state index is -0.183. The first-order chi connectivity index (χ1) is 9.15. The molecule has 1 aromatic carbocycles. The molecule has 0 spiro atoms. The van der Waals surface area contributed by atoms with Crippen LogP contribution in [-0.2, 0) is 0 Å². The highest BCUT2D eigenvalue weighted by atomic mass is 16.1. The largest absolute Gasteiger partial charge is 0.277 e. The minimum absolute atomic E-state index is 0.183. The Labute approximate surface area is 115 Å². The van der Waals surface area contributed by atoms with Crippen molar-refractivity contribution in [2.75, 3.05) is 0 Å². The van der Waals surface area contributed by atoms with Crippen molar-refractivity contribution in [3.8, 4) is 0 Å². The molecule has 0 bridgehead atoms. The Morgan fingerprint density at radius 3 is 2.68 bits per heavy atom. The summed E-state index contributed by atoms with van der Waals surface area (Å²) in [6.45, 7) is 5.89. The third-order valence-electron chi connectivity index (χ3n) is 2.69. The van der Waals surface area contributed by atoms with Gasteiger partial charge in [0.2, 0.25) is 0 Å². The number of carbonyl (C=O) groups excluding carboxylic acids is 1. The molecule has 0 saturated heterocycles. The van der Waals surface area contributed by atoms with Crippen LogP contribution in [-0.4, -0.2) is 11.6 Å². The summed E-state index contributed by atoms with van der Waals surface area (Å²) in [5, 5.41) is 0. The number of aryl methyl sites for hydroxylation is 1. The predicted octanol–water partition coefficient (Wildman–Crippen LogP) is 4.51. The third-order valence-corrected chi connectivity index (χ3v) is 2.69. The maximum atomic E-state index is 12.0. The third kappa shape index (κ3) is 5.47. The van der Waals surface area contributed by atoms with Crippen molar-refractivity contribution in [3.63, 3.8) is 0 Å². The molecular weight excluding hydrogens is 234 g/mol. The molecule has 0 aliphatic heterocycles. The van der Waals surface area contributed by atoms with Crippen LogP contribution in [0.5, 0.6) is 0 Å². The summed E-state index contributed by atoms with van der Waals surface area (Å²) in [5.41, 5.74) is 2.34. The van der Waals surface area contributed by atoms with Gasteiger partial charge in [0.05, 0.1) is 0 Å². The van der Waals surface area contributed by atoms with Crippen LogP contribution in [0.25, 0.3) is 0 Å². The Hall–Kier alpha value is -1.96. The van der Waals surface area contributed by atoms with E-state index >= 15 is 0 Å². The zero-order valence-corrected chi connectivity index (χ0v) is 11.9. The van der Waals surface area contributed by atoms with Gasteiger partial charge in [0.25, 0.3) is 5.91 Å². The molecule has 0 unspecified atom stereocenters. The Morgan fingerprint density at radius 1 is 1.26 bits per heavy atom. The van der Waals surface area contributed by atoms with Gasteiger partial charge in [-0.1, -0.05) is 49.8 Å². The van der Waals surface area contributed by atoms with E-state index in [0.29, 0.717) is 5.56 Å². The SMILES string of the molecule is CCC/C=C\C=C/C(C)=NC(=O)c1ccccc1C. The fourth-order valence-corrected chi connectivity index (χ4v) is 1.61. The van der Waals surface area contributed by atoms with Gasteiger partial charge in [-0.3, -0.25) is 4.79 Å². The summed E-state index contributed by atoms with van der Waals surface area (Å²) in [6.07, 6.45) is 10.1. The maximum Gasteiger partial charge on any atom is 0.277 e. The van der Waals surface area contributed by atoms with E-state index in [-0.39, 0.29) is 5.91 Å². The smallest absolute Gasteiger partial charge is 0.267 e. The fraction of sp³-hybridized carbons (Fsp3) is 0.294. The van der Waals surface area contributed by atoms with E-state index in [1.54, 1.807) is 6.07 Å². The second-order valence-electron chi connectivity index (χ2n) is 4.45.